The standard InChI is InChI=1S/C13H18N2O/c1-15(2)12-6-3-10(4-7-12)11-5-8-13(16)14-9-11/h3-4,6-7,11H,5,8-9H2,1-2H3,(H,14,16). The maximum atomic E-state index is 11.1. The van der Waals surface area contributed by atoms with Crippen LogP contribution in [0.4, 0.5) is 5.69 Å². The van der Waals surface area contributed by atoms with E-state index in [-0.39, 0.29) is 5.91 Å². The van der Waals surface area contributed by atoms with Gasteiger partial charge in [-0.05, 0) is 24.1 Å². The summed E-state index contributed by atoms with van der Waals surface area (Å²) in [6, 6.07) is 8.59. The summed E-state index contributed by atoms with van der Waals surface area (Å²) in [5.41, 5.74) is 2.54. The molecule has 1 N–H and O–H groups in total. The Morgan fingerprint density at radius 2 is 1.94 bits per heavy atom. The predicted molar refractivity (Wildman–Crippen MR) is 65.8 cm³/mol. The lowest BCUT2D eigenvalue weighted by molar-refractivity contribution is -0.122. The topological polar surface area (TPSA) is 32.3 Å². The van der Waals surface area contributed by atoms with Gasteiger partial charge in [0.15, 0.2) is 0 Å². The summed E-state index contributed by atoms with van der Waals surface area (Å²) in [5, 5.41) is 2.92. The molecule has 0 spiro atoms. The van der Waals surface area contributed by atoms with E-state index in [1.807, 2.05) is 14.1 Å². The molecule has 0 bridgehead atoms. The first-order valence-corrected chi connectivity index (χ1v) is 5.71. The van der Waals surface area contributed by atoms with Crippen LogP contribution in [0.2, 0.25) is 0 Å². The number of carbonyl (C=O) groups is 1. The second kappa shape index (κ2) is 4.56. The maximum Gasteiger partial charge on any atom is 0.220 e. The number of anilines is 1. The van der Waals surface area contributed by atoms with E-state index in [1.165, 1.54) is 11.3 Å². The van der Waals surface area contributed by atoms with E-state index in [1.54, 1.807) is 0 Å². The quantitative estimate of drug-likeness (QED) is 0.820. The van der Waals surface area contributed by atoms with Gasteiger partial charge in [-0.1, -0.05) is 12.1 Å². The predicted octanol–water partition coefficient (Wildman–Crippen LogP) is 1.75. The van der Waals surface area contributed by atoms with Crippen molar-refractivity contribution >= 4 is 11.6 Å². The molecule has 2 rings (SSSR count). The van der Waals surface area contributed by atoms with Gasteiger partial charge in [0, 0.05) is 38.7 Å². The molecule has 3 heteroatoms. The zero-order valence-electron chi connectivity index (χ0n) is 9.86. The Morgan fingerprint density at radius 1 is 1.25 bits per heavy atom. The SMILES string of the molecule is CN(C)c1ccc(C2CCC(=O)NC2)cc1. The zero-order chi connectivity index (χ0) is 11.5. The first-order chi connectivity index (χ1) is 7.66. The fourth-order valence-corrected chi connectivity index (χ4v) is 2.06. The van der Waals surface area contributed by atoms with Gasteiger partial charge in [-0.15, -0.1) is 0 Å². The molecule has 3 nitrogen and oxygen atoms in total. The average molecular weight is 218 g/mol. The fraction of sp³-hybridized carbons (Fsp3) is 0.462. The fourth-order valence-electron chi connectivity index (χ4n) is 2.06. The molecule has 1 heterocycles. The highest BCUT2D eigenvalue weighted by atomic mass is 16.1. The Kier molecular flexibility index (Phi) is 3.13. The van der Waals surface area contributed by atoms with Crippen LogP contribution in [0.15, 0.2) is 24.3 Å². The number of carbonyl (C=O) groups excluding carboxylic acids is 1. The van der Waals surface area contributed by atoms with Crippen LogP contribution in [0.5, 0.6) is 0 Å². The summed E-state index contributed by atoms with van der Waals surface area (Å²) in [6.45, 7) is 0.778. The molecule has 16 heavy (non-hydrogen) atoms. The summed E-state index contributed by atoms with van der Waals surface area (Å²) in [4.78, 5) is 13.2. The van der Waals surface area contributed by atoms with Gasteiger partial charge in [0.25, 0.3) is 0 Å². The smallest absolute Gasteiger partial charge is 0.220 e. The van der Waals surface area contributed by atoms with Crippen LogP contribution in [-0.2, 0) is 4.79 Å². The minimum atomic E-state index is 0.182. The lowest BCUT2D eigenvalue weighted by Crippen LogP contribution is -2.33. The Morgan fingerprint density at radius 3 is 2.44 bits per heavy atom. The van der Waals surface area contributed by atoms with Crippen LogP contribution < -0.4 is 10.2 Å². The minimum absolute atomic E-state index is 0.182. The largest absolute Gasteiger partial charge is 0.378 e. The van der Waals surface area contributed by atoms with Gasteiger partial charge in [0.05, 0.1) is 0 Å². The highest BCUT2D eigenvalue weighted by molar-refractivity contribution is 5.76. The van der Waals surface area contributed by atoms with Crippen LogP contribution in [0.1, 0.15) is 24.3 Å². The molecular formula is C13H18N2O. The van der Waals surface area contributed by atoms with Crippen molar-refractivity contribution in [2.24, 2.45) is 0 Å². The van der Waals surface area contributed by atoms with Crippen molar-refractivity contribution in [3.8, 4) is 0 Å². The van der Waals surface area contributed by atoms with Gasteiger partial charge in [-0.3, -0.25) is 4.79 Å². The summed E-state index contributed by atoms with van der Waals surface area (Å²) < 4.78 is 0. The van der Waals surface area contributed by atoms with Crippen molar-refractivity contribution in [3.63, 3.8) is 0 Å². The highest BCUT2D eigenvalue weighted by Crippen LogP contribution is 2.25. The third kappa shape index (κ3) is 2.35. The minimum Gasteiger partial charge on any atom is -0.378 e. The normalized spacial score (nSPS) is 20.4. The van der Waals surface area contributed by atoms with Gasteiger partial charge in [-0.2, -0.15) is 0 Å². The molecule has 1 saturated heterocycles. The van der Waals surface area contributed by atoms with E-state index >= 15 is 0 Å². The lowest BCUT2D eigenvalue weighted by atomic mass is 9.91. The summed E-state index contributed by atoms with van der Waals surface area (Å²) >= 11 is 0. The molecule has 1 aromatic carbocycles. The third-order valence-electron chi connectivity index (χ3n) is 3.15. The summed E-state index contributed by atoms with van der Waals surface area (Å²) in [7, 11) is 4.08. The van der Waals surface area contributed by atoms with Crippen LogP contribution in [0.25, 0.3) is 0 Å². The van der Waals surface area contributed by atoms with Crippen LogP contribution >= 0.6 is 0 Å². The van der Waals surface area contributed by atoms with Gasteiger partial charge < -0.3 is 10.2 Å². The third-order valence-corrected chi connectivity index (χ3v) is 3.15. The van der Waals surface area contributed by atoms with Crippen molar-refractivity contribution in [1.82, 2.24) is 5.32 Å². The van der Waals surface area contributed by atoms with Crippen LogP contribution in [0.3, 0.4) is 0 Å². The van der Waals surface area contributed by atoms with E-state index in [0.29, 0.717) is 12.3 Å². The molecule has 0 radical (unpaired) electrons. The monoisotopic (exact) mass is 218 g/mol. The van der Waals surface area contributed by atoms with Crippen LogP contribution in [-0.4, -0.2) is 26.5 Å². The molecule has 1 fully saturated rings. The maximum absolute atomic E-state index is 11.1. The molecule has 1 aromatic rings. The summed E-state index contributed by atoms with van der Waals surface area (Å²) in [5.74, 6) is 0.662. The Labute approximate surface area is 96.5 Å². The molecule has 1 unspecified atom stereocenters. The number of piperidine rings is 1. The first-order valence-electron chi connectivity index (χ1n) is 5.71. The van der Waals surface area contributed by atoms with Crippen LogP contribution in [0, 0.1) is 0 Å². The molecule has 0 saturated carbocycles. The van der Waals surface area contributed by atoms with Crippen molar-refractivity contribution in [2.75, 3.05) is 25.5 Å². The van der Waals surface area contributed by atoms with Crippen molar-refractivity contribution in [3.05, 3.63) is 29.8 Å². The Balaban J connectivity index is 2.07. The second-order valence-corrected chi connectivity index (χ2v) is 4.53. The lowest BCUT2D eigenvalue weighted by Gasteiger charge is -2.23. The number of nitrogens with zero attached hydrogens (tertiary/aromatic N) is 1. The van der Waals surface area contributed by atoms with Gasteiger partial charge in [0.2, 0.25) is 5.91 Å². The average Bonchev–Trinajstić information content (AvgIpc) is 2.30. The molecule has 1 atom stereocenters. The number of benzene rings is 1. The molecule has 0 aromatic heterocycles. The number of rotatable bonds is 2. The number of hydrogen-bond donors (Lipinski definition) is 1. The molecular weight excluding hydrogens is 200 g/mol. The number of nitrogens with one attached hydrogen (secondary N) is 1. The van der Waals surface area contributed by atoms with E-state index in [0.717, 1.165) is 13.0 Å². The number of amides is 1. The molecule has 0 aliphatic carbocycles. The summed E-state index contributed by atoms with van der Waals surface area (Å²) in [6.07, 6.45) is 1.62. The van der Waals surface area contributed by atoms with Gasteiger partial charge in [-0.25, -0.2) is 0 Å². The second-order valence-electron chi connectivity index (χ2n) is 4.53. The molecule has 1 aliphatic rings. The van der Waals surface area contributed by atoms with Crippen molar-refractivity contribution in [1.29, 1.82) is 0 Å². The zero-order valence-corrected chi connectivity index (χ0v) is 9.86. The van der Waals surface area contributed by atoms with Gasteiger partial charge in [0.1, 0.15) is 0 Å². The number of hydrogen-bond acceptors (Lipinski definition) is 2. The Bertz CT molecular complexity index is 360. The van der Waals surface area contributed by atoms with E-state index in [2.05, 4.69) is 34.5 Å². The Hall–Kier alpha value is -1.51. The molecule has 1 amide bonds. The van der Waals surface area contributed by atoms with E-state index in [4.69, 9.17) is 0 Å². The highest BCUT2D eigenvalue weighted by Gasteiger charge is 2.19. The van der Waals surface area contributed by atoms with Gasteiger partial charge >= 0.3 is 0 Å². The van der Waals surface area contributed by atoms with Crippen molar-refractivity contribution < 1.29 is 4.79 Å². The first kappa shape index (κ1) is 11.0. The molecule has 86 valence electrons. The van der Waals surface area contributed by atoms with E-state index < -0.39 is 0 Å². The van der Waals surface area contributed by atoms with E-state index in [9.17, 15) is 4.79 Å². The van der Waals surface area contributed by atoms with Crippen molar-refractivity contribution in [2.45, 2.75) is 18.8 Å². The molecule has 1 aliphatic heterocycles.